The van der Waals surface area contributed by atoms with E-state index in [2.05, 4.69) is 10.0 Å². The van der Waals surface area contributed by atoms with Gasteiger partial charge in [-0.1, -0.05) is 11.6 Å². The van der Waals surface area contributed by atoms with E-state index in [-0.39, 0.29) is 18.4 Å². The van der Waals surface area contributed by atoms with Gasteiger partial charge in [0.1, 0.15) is 12.1 Å². The molecule has 2 aliphatic heterocycles. The SMILES string of the molecule is O=C(NCC1CC1)[C@@H]1CCCN1C(=O)CN1CCC[C@H](NS(=O)(=O)C=Cc2ccc(Cl)s2)C1=O. The van der Waals surface area contributed by atoms with Gasteiger partial charge in [0, 0.05) is 29.9 Å². The molecule has 3 amide bonds. The molecule has 0 unspecified atom stereocenters. The predicted molar refractivity (Wildman–Crippen MR) is 130 cm³/mol. The summed E-state index contributed by atoms with van der Waals surface area (Å²) in [5.74, 6) is -0.286. The van der Waals surface area contributed by atoms with Crippen molar-refractivity contribution in [3.05, 3.63) is 26.8 Å². The van der Waals surface area contributed by atoms with Crippen molar-refractivity contribution < 1.29 is 22.8 Å². The fraction of sp³-hybridized carbons (Fsp3) is 0.591. The van der Waals surface area contributed by atoms with E-state index < -0.39 is 28.0 Å². The second kappa shape index (κ2) is 10.8. The van der Waals surface area contributed by atoms with Crippen molar-refractivity contribution in [3.63, 3.8) is 0 Å². The van der Waals surface area contributed by atoms with Crippen molar-refractivity contribution in [2.75, 3.05) is 26.2 Å². The van der Waals surface area contributed by atoms with Gasteiger partial charge < -0.3 is 15.1 Å². The van der Waals surface area contributed by atoms with Crippen molar-refractivity contribution in [1.82, 2.24) is 19.8 Å². The number of hydrogen-bond donors (Lipinski definition) is 2. The summed E-state index contributed by atoms with van der Waals surface area (Å²) in [5.41, 5.74) is 0. The molecular weight excluding hydrogens is 500 g/mol. The van der Waals surface area contributed by atoms with Crippen LogP contribution in [0.25, 0.3) is 6.08 Å². The Morgan fingerprint density at radius 2 is 1.91 bits per heavy atom. The molecule has 1 aliphatic carbocycles. The van der Waals surface area contributed by atoms with Crippen molar-refractivity contribution in [2.24, 2.45) is 5.92 Å². The van der Waals surface area contributed by atoms with Crippen LogP contribution in [0.4, 0.5) is 0 Å². The van der Waals surface area contributed by atoms with E-state index in [0.717, 1.165) is 24.7 Å². The molecule has 0 spiro atoms. The summed E-state index contributed by atoms with van der Waals surface area (Å²) in [7, 11) is -3.86. The average Bonchev–Trinajstić information content (AvgIpc) is 3.31. The molecule has 3 aliphatic rings. The second-order valence-electron chi connectivity index (χ2n) is 9.00. The highest BCUT2D eigenvalue weighted by atomic mass is 35.5. The van der Waals surface area contributed by atoms with Crippen molar-refractivity contribution in [3.8, 4) is 0 Å². The summed E-state index contributed by atoms with van der Waals surface area (Å²) in [6.45, 7) is 1.35. The van der Waals surface area contributed by atoms with Gasteiger partial charge in [-0.15, -0.1) is 11.3 Å². The number of carbonyl (C=O) groups excluding carboxylic acids is 3. The molecular formula is C22H29ClN4O5S2. The number of carbonyl (C=O) groups is 3. The first kappa shape index (κ1) is 25.2. The molecule has 1 saturated carbocycles. The number of rotatable bonds is 9. The van der Waals surface area contributed by atoms with Crippen molar-refractivity contribution in [1.29, 1.82) is 0 Å². The summed E-state index contributed by atoms with van der Waals surface area (Å²) in [5, 5.41) is 3.95. The van der Waals surface area contributed by atoms with Gasteiger partial charge in [-0.3, -0.25) is 14.4 Å². The third-order valence-corrected chi connectivity index (χ3v) is 8.61. The van der Waals surface area contributed by atoms with Crippen LogP contribution in [-0.4, -0.2) is 74.2 Å². The molecule has 186 valence electrons. The molecule has 2 N–H and O–H groups in total. The zero-order valence-electron chi connectivity index (χ0n) is 18.7. The number of nitrogens with one attached hydrogen (secondary N) is 2. The molecule has 34 heavy (non-hydrogen) atoms. The number of hydrogen-bond acceptors (Lipinski definition) is 6. The van der Waals surface area contributed by atoms with Gasteiger partial charge in [-0.25, -0.2) is 8.42 Å². The average molecular weight is 529 g/mol. The fourth-order valence-corrected chi connectivity index (χ4v) is 6.36. The van der Waals surface area contributed by atoms with E-state index in [1.807, 2.05) is 0 Å². The Labute approximate surface area is 208 Å². The molecule has 4 rings (SSSR count). The van der Waals surface area contributed by atoms with Gasteiger partial charge in [-0.2, -0.15) is 4.72 Å². The van der Waals surface area contributed by atoms with Gasteiger partial charge in [0.25, 0.3) is 0 Å². The molecule has 9 nitrogen and oxygen atoms in total. The van der Waals surface area contributed by atoms with E-state index in [1.54, 1.807) is 17.0 Å². The van der Waals surface area contributed by atoms with Crippen LogP contribution < -0.4 is 10.0 Å². The van der Waals surface area contributed by atoms with E-state index in [0.29, 0.717) is 54.0 Å². The predicted octanol–water partition coefficient (Wildman–Crippen LogP) is 1.80. The number of piperidine rings is 1. The molecule has 0 aromatic carbocycles. The lowest BCUT2D eigenvalue weighted by atomic mass is 10.1. The largest absolute Gasteiger partial charge is 0.354 e. The number of thiophene rings is 1. The monoisotopic (exact) mass is 528 g/mol. The quantitative estimate of drug-likeness (QED) is 0.507. The number of sulfonamides is 1. The maximum atomic E-state index is 13.0. The smallest absolute Gasteiger partial charge is 0.242 e. The summed E-state index contributed by atoms with van der Waals surface area (Å²) in [4.78, 5) is 42.1. The van der Waals surface area contributed by atoms with Crippen LogP contribution in [0.2, 0.25) is 4.34 Å². The maximum Gasteiger partial charge on any atom is 0.242 e. The van der Waals surface area contributed by atoms with Gasteiger partial charge in [0.2, 0.25) is 27.7 Å². The summed E-state index contributed by atoms with van der Waals surface area (Å²) in [6.07, 6.45) is 5.97. The molecule has 0 bridgehead atoms. The molecule has 3 heterocycles. The molecule has 12 heteroatoms. The van der Waals surface area contributed by atoms with Crippen LogP contribution in [-0.2, 0) is 24.4 Å². The van der Waals surface area contributed by atoms with Gasteiger partial charge >= 0.3 is 0 Å². The van der Waals surface area contributed by atoms with Crippen molar-refractivity contribution >= 4 is 56.8 Å². The number of amides is 3. The van der Waals surface area contributed by atoms with E-state index in [9.17, 15) is 22.8 Å². The Hall–Kier alpha value is -1.95. The Morgan fingerprint density at radius 3 is 2.62 bits per heavy atom. The standard InChI is InChI=1S/C22H29ClN4O5S2/c23-19-8-7-16(33-19)9-12-34(31,32)25-17-3-1-10-26(22(17)30)14-20(28)27-11-2-4-18(27)21(29)24-13-15-5-6-15/h7-9,12,15,17-18,25H,1-6,10-11,13-14H2,(H,24,29)/t17-,18-/m0/s1. The third kappa shape index (κ3) is 6.59. The normalized spacial score (nSPS) is 23.6. The first-order valence-corrected chi connectivity index (χ1v) is 14.3. The third-order valence-electron chi connectivity index (χ3n) is 6.31. The highest BCUT2D eigenvalue weighted by Gasteiger charge is 2.38. The Balaban J connectivity index is 1.32. The number of halogens is 1. The van der Waals surface area contributed by atoms with Crippen LogP contribution in [0.3, 0.4) is 0 Å². The van der Waals surface area contributed by atoms with Gasteiger partial charge in [0.05, 0.1) is 10.9 Å². The molecule has 1 aromatic heterocycles. The van der Waals surface area contributed by atoms with Crippen LogP contribution in [0.5, 0.6) is 0 Å². The Kier molecular flexibility index (Phi) is 7.96. The molecule has 2 saturated heterocycles. The summed E-state index contributed by atoms with van der Waals surface area (Å²) < 4.78 is 27.9. The minimum absolute atomic E-state index is 0.132. The first-order chi connectivity index (χ1) is 16.2. The van der Waals surface area contributed by atoms with Gasteiger partial charge in [-0.05, 0) is 62.7 Å². The first-order valence-electron chi connectivity index (χ1n) is 11.5. The van der Waals surface area contributed by atoms with Crippen LogP contribution >= 0.6 is 22.9 Å². The zero-order chi connectivity index (χ0) is 24.3. The highest BCUT2D eigenvalue weighted by Crippen LogP contribution is 2.28. The van der Waals surface area contributed by atoms with E-state index in [4.69, 9.17) is 11.6 Å². The van der Waals surface area contributed by atoms with E-state index in [1.165, 1.54) is 22.3 Å². The lowest BCUT2D eigenvalue weighted by molar-refractivity contribution is -0.145. The van der Waals surface area contributed by atoms with Crippen molar-refractivity contribution in [2.45, 2.75) is 50.6 Å². The Bertz CT molecular complexity index is 1070. The molecule has 2 atom stereocenters. The lowest BCUT2D eigenvalue weighted by Crippen LogP contribution is -2.55. The molecule has 3 fully saturated rings. The van der Waals surface area contributed by atoms with Crippen LogP contribution in [0, 0.1) is 5.92 Å². The van der Waals surface area contributed by atoms with E-state index >= 15 is 0 Å². The lowest BCUT2D eigenvalue weighted by Gasteiger charge is -2.33. The molecule has 0 radical (unpaired) electrons. The maximum absolute atomic E-state index is 13.0. The minimum atomic E-state index is -3.86. The fourth-order valence-electron chi connectivity index (χ4n) is 4.30. The summed E-state index contributed by atoms with van der Waals surface area (Å²) in [6, 6.07) is 1.94. The van der Waals surface area contributed by atoms with Crippen LogP contribution in [0.1, 0.15) is 43.4 Å². The molecule has 1 aromatic rings. The topological polar surface area (TPSA) is 116 Å². The zero-order valence-corrected chi connectivity index (χ0v) is 21.1. The second-order valence-corrected chi connectivity index (χ2v) is 12.3. The highest BCUT2D eigenvalue weighted by molar-refractivity contribution is 7.92. The minimum Gasteiger partial charge on any atom is -0.354 e. The van der Waals surface area contributed by atoms with Crippen LogP contribution in [0.15, 0.2) is 17.5 Å². The van der Waals surface area contributed by atoms with Gasteiger partial charge in [0.15, 0.2) is 0 Å². The number of nitrogens with zero attached hydrogens (tertiary/aromatic N) is 2. The summed E-state index contributed by atoms with van der Waals surface area (Å²) >= 11 is 7.11. The Morgan fingerprint density at radius 1 is 1.15 bits per heavy atom. The number of likely N-dealkylation sites (tertiary alicyclic amines) is 2.